The number of halogens is 2. The van der Waals surface area contributed by atoms with Gasteiger partial charge in [-0.2, -0.15) is 0 Å². The van der Waals surface area contributed by atoms with Gasteiger partial charge in [0.05, 0.1) is 0 Å². The molecule has 0 atom stereocenters. The van der Waals surface area contributed by atoms with Gasteiger partial charge >= 0.3 is 6.03 Å². The Bertz CT molecular complexity index is 631. The normalized spacial score (nSPS) is 10.2. The van der Waals surface area contributed by atoms with Crippen molar-refractivity contribution >= 4 is 39.2 Å². The van der Waals surface area contributed by atoms with Crippen LogP contribution < -0.4 is 10.6 Å². The Kier molecular flexibility index (Phi) is 5.04. The number of carbonyl (C=O) groups is 1. The van der Waals surface area contributed by atoms with Crippen LogP contribution in [0.5, 0.6) is 0 Å². The predicted octanol–water partition coefficient (Wildman–Crippen LogP) is 4.73. The molecule has 20 heavy (non-hydrogen) atoms. The molecule has 2 rings (SSSR count). The van der Waals surface area contributed by atoms with Crippen LogP contribution in [-0.2, 0) is 6.54 Å². The highest BCUT2D eigenvalue weighted by Gasteiger charge is 2.04. The van der Waals surface area contributed by atoms with Crippen LogP contribution in [0.1, 0.15) is 11.1 Å². The van der Waals surface area contributed by atoms with Gasteiger partial charge in [-0.1, -0.05) is 51.8 Å². The van der Waals surface area contributed by atoms with E-state index in [2.05, 4.69) is 26.6 Å². The van der Waals surface area contributed by atoms with Gasteiger partial charge in [-0.3, -0.25) is 0 Å². The van der Waals surface area contributed by atoms with Crippen LogP contribution in [0.25, 0.3) is 0 Å². The van der Waals surface area contributed by atoms with Gasteiger partial charge in [-0.15, -0.1) is 0 Å². The second kappa shape index (κ2) is 6.77. The Hall–Kier alpha value is -1.52. The third-order valence-corrected chi connectivity index (χ3v) is 4.01. The van der Waals surface area contributed by atoms with E-state index >= 15 is 0 Å². The maximum Gasteiger partial charge on any atom is 0.319 e. The standard InChI is InChI=1S/C15H14BrClN2O/c1-10-6-7-12(8-14(10)17)19-15(20)18-9-11-4-2-3-5-13(11)16/h2-8H,9H2,1H3,(H2,18,19,20). The lowest BCUT2D eigenvalue weighted by Crippen LogP contribution is -2.28. The zero-order valence-corrected chi connectivity index (χ0v) is 13.3. The molecule has 0 bridgehead atoms. The topological polar surface area (TPSA) is 41.1 Å². The van der Waals surface area contributed by atoms with Gasteiger partial charge in [-0.25, -0.2) is 4.79 Å². The number of nitrogens with one attached hydrogen (secondary N) is 2. The van der Waals surface area contributed by atoms with Gasteiger partial charge < -0.3 is 10.6 Å². The first-order valence-corrected chi connectivity index (χ1v) is 7.28. The number of hydrogen-bond acceptors (Lipinski definition) is 1. The molecule has 5 heteroatoms. The second-order valence-corrected chi connectivity index (χ2v) is 5.62. The van der Waals surface area contributed by atoms with Crippen LogP contribution in [0.3, 0.4) is 0 Å². The van der Waals surface area contributed by atoms with Crippen LogP contribution >= 0.6 is 27.5 Å². The van der Waals surface area contributed by atoms with Gasteiger partial charge in [0.25, 0.3) is 0 Å². The third kappa shape index (κ3) is 3.99. The summed E-state index contributed by atoms with van der Waals surface area (Å²) in [7, 11) is 0. The molecule has 0 heterocycles. The zero-order chi connectivity index (χ0) is 14.5. The van der Waals surface area contributed by atoms with Crippen LogP contribution in [0.2, 0.25) is 5.02 Å². The quantitative estimate of drug-likeness (QED) is 0.822. The molecule has 104 valence electrons. The lowest BCUT2D eigenvalue weighted by atomic mass is 10.2. The largest absolute Gasteiger partial charge is 0.334 e. The van der Waals surface area contributed by atoms with Crippen molar-refractivity contribution in [1.82, 2.24) is 5.32 Å². The number of carbonyl (C=O) groups excluding carboxylic acids is 1. The number of urea groups is 1. The number of anilines is 1. The smallest absolute Gasteiger partial charge is 0.319 e. The zero-order valence-electron chi connectivity index (χ0n) is 10.9. The maximum atomic E-state index is 11.8. The van der Waals surface area contributed by atoms with Gasteiger partial charge in [0.1, 0.15) is 0 Å². The molecule has 0 aliphatic rings. The van der Waals surface area contributed by atoms with E-state index in [0.29, 0.717) is 17.3 Å². The fourth-order valence-electron chi connectivity index (χ4n) is 1.66. The Morgan fingerprint density at radius 3 is 2.70 bits per heavy atom. The van der Waals surface area contributed by atoms with E-state index in [1.165, 1.54) is 0 Å². The van der Waals surface area contributed by atoms with Crippen molar-refractivity contribution in [1.29, 1.82) is 0 Å². The molecule has 0 aliphatic heterocycles. The minimum Gasteiger partial charge on any atom is -0.334 e. The van der Waals surface area contributed by atoms with Crippen molar-refractivity contribution < 1.29 is 4.79 Å². The van der Waals surface area contributed by atoms with Crippen molar-refractivity contribution in [3.8, 4) is 0 Å². The van der Waals surface area contributed by atoms with Crippen LogP contribution in [0.4, 0.5) is 10.5 Å². The fraction of sp³-hybridized carbons (Fsp3) is 0.133. The van der Waals surface area contributed by atoms with Crippen molar-refractivity contribution in [2.75, 3.05) is 5.32 Å². The first-order chi connectivity index (χ1) is 9.56. The number of hydrogen-bond donors (Lipinski definition) is 2. The summed E-state index contributed by atoms with van der Waals surface area (Å²) in [6.45, 7) is 2.37. The van der Waals surface area contributed by atoms with E-state index in [-0.39, 0.29) is 6.03 Å². The summed E-state index contributed by atoms with van der Waals surface area (Å²) in [5, 5.41) is 6.18. The van der Waals surface area contributed by atoms with Gasteiger partial charge in [-0.05, 0) is 36.2 Å². The summed E-state index contributed by atoms with van der Waals surface area (Å²) in [5.41, 5.74) is 2.67. The summed E-state index contributed by atoms with van der Waals surface area (Å²) >= 11 is 9.45. The third-order valence-electron chi connectivity index (χ3n) is 2.83. The van der Waals surface area contributed by atoms with E-state index in [1.54, 1.807) is 6.07 Å². The molecular formula is C15H14BrClN2O. The van der Waals surface area contributed by atoms with Crippen LogP contribution in [-0.4, -0.2) is 6.03 Å². The summed E-state index contributed by atoms with van der Waals surface area (Å²) in [6, 6.07) is 12.9. The van der Waals surface area contributed by atoms with Gasteiger partial charge in [0.2, 0.25) is 0 Å². The van der Waals surface area contributed by atoms with Crippen molar-refractivity contribution in [2.45, 2.75) is 13.5 Å². The molecule has 0 spiro atoms. The van der Waals surface area contributed by atoms with E-state index < -0.39 is 0 Å². The Labute approximate surface area is 131 Å². The molecule has 0 aliphatic carbocycles. The molecule has 0 radical (unpaired) electrons. The molecule has 2 N–H and O–H groups in total. The Morgan fingerprint density at radius 2 is 2.00 bits per heavy atom. The first-order valence-electron chi connectivity index (χ1n) is 6.10. The summed E-state index contributed by atoms with van der Waals surface area (Å²) in [6.07, 6.45) is 0. The number of aryl methyl sites for hydroxylation is 1. The molecule has 3 nitrogen and oxygen atoms in total. The average Bonchev–Trinajstić information content (AvgIpc) is 2.42. The molecule has 0 saturated heterocycles. The SMILES string of the molecule is Cc1ccc(NC(=O)NCc2ccccc2Br)cc1Cl. The molecule has 0 saturated carbocycles. The molecule has 2 aromatic rings. The highest BCUT2D eigenvalue weighted by Crippen LogP contribution is 2.20. The summed E-state index contributed by atoms with van der Waals surface area (Å²) in [4.78, 5) is 11.8. The summed E-state index contributed by atoms with van der Waals surface area (Å²) < 4.78 is 0.971. The monoisotopic (exact) mass is 352 g/mol. The van der Waals surface area contributed by atoms with Gasteiger partial charge in [0, 0.05) is 21.7 Å². The van der Waals surface area contributed by atoms with Crippen LogP contribution in [0, 0.1) is 6.92 Å². The number of rotatable bonds is 3. The molecule has 0 unspecified atom stereocenters. The van der Waals surface area contributed by atoms with E-state index in [1.807, 2.05) is 43.3 Å². The lowest BCUT2D eigenvalue weighted by molar-refractivity contribution is 0.251. The highest BCUT2D eigenvalue weighted by molar-refractivity contribution is 9.10. The molecule has 0 fully saturated rings. The Balaban J connectivity index is 1.93. The van der Waals surface area contributed by atoms with Gasteiger partial charge in [0.15, 0.2) is 0 Å². The highest BCUT2D eigenvalue weighted by atomic mass is 79.9. The molecule has 0 aromatic heterocycles. The second-order valence-electron chi connectivity index (χ2n) is 4.36. The first kappa shape index (κ1) is 14.9. The van der Waals surface area contributed by atoms with Crippen molar-refractivity contribution in [2.24, 2.45) is 0 Å². The van der Waals surface area contributed by atoms with Crippen molar-refractivity contribution in [3.05, 3.63) is 63.1 Å². The van der Waals surface area contributed by atoms with E-state index in [4.69, 9.17) is 11.6 Å². The van der Waals surface area contributed by atoms with Crippen LogP contribution in [0.15, 0.2) is 46.9 Å². The van der Waals surface area contributed by atoms with Crippen molar-refractivity contribution in [3.63, 3.8) is 0 Å². The average molecular weight is 354 g/mol. The minimum absolute atomic E-state index is 0.263. The molecular weight excluding hydrogens is 340 g/mol. The van der Waals surface area contributed by atoms with E-state index in [9.17, 15) is 4.79 Å². The molecule has 2 aromatic carbocycles. The minimum atomic E-state index is -0.263. The summed E-state index contributed by atoms with van der Waals surface area (Å²) in [5.74, 6) is 0. The van der Waals surface area contributed by atoms with E-state index in [0.717, 1.165) is 15.6 Å². The molecule has 2 amide bonds. The maximum absolute atomic E-state index is 11.8. The predicted molar refractivity (Wildman–Crippen MR) is 86.2 cm³/mol. The number of benzene rings is 2. The number of amides is 2. The lowest BCUT2D eigenvalue weighted by Gasteiger charge is -2.09. The Morgan fingerprint density at radius 1 is 1.25 bits per heavy atom. The fourth-order valence-corrected chi connectivity index (χ4v) is 2.27.